The molecule has 8 nitrogen and oxygen atoms in total. The van der Waals surface area contributed by atoms with Gasteiger partial charge in [0.15, 0.2) is 0 Å². The third-order valence-electron chi connectivity index (χ3n) is 4.70. The maximum atomic E-state index is 12.8. The number of nitrogens with zero attached hydrogens (tertiary/aromatic N) is 4. The zero-order chi connectivity index (χ0) is 20.8. The van der Waals surface area contributed by atoms with Gasteiger partial charge in [-0.2, -0.15) is 0 Å². The van der Waals surface area contributed by atoms with E-state index in [0.29, 0.717) is 54.4 Å². The van der Waals surface area contributed by atoms with Crippen molar-refractivity contribution in [2.75, 3.05) is 38.2 Å². The number of nitro benzene ring substituents is 1. The summed E-state index contributed by atoms with van der Waals surface area (Å²) in [4.78, 5) is 32.3. The van der Waals surface area contributed by atoms with Crippen LogP contribution in [0.5, 0.6) is 0 Å². The predicted octanol–water partition coefficient (Wildman–Crippen LogP) is 3.58. The lowest BCUT2D eigenvalue weighted by Crippen LogP contribution is -2.35. The molecular weight excluding hydrogens is 396 g/mol. The number of halogens is 1. The first-order valence-electron chi connectivity index (χ1n) is 9.14. The van der Waals surface area contributed by atoms with Gasteiger partial charge in [0.2, 0.25) is 0 Å². The standard InChI is InChI=1S/C20H21ClN4O4/c1-29-22-14-15-6-7-18(19(12-15)25(27)28)23-8-3-9-24(11-10-23)20(26)16-4-2-5-17(21)13-16/h2,4-7,12-14H,3,8-11H2,1H3. The second-order valence-corrected chi connectivity index (χ2v) is 7.00. The molecule has 2 aromatic rings. The van der Waals surface area contributed by atoms with Gasteiger partial charge in [-0.05, 0) is 30.7 Å². The van der Waals surface area contributed by atoms with Crippen molar-refractivity contribution in [2.24, 2.45) is 5.16 Å². The SMILES string of the molecule is CON=Cc1ccc(N2CCCN(C(=O)c3cccc(Cl)c3)CC2)c([N+](=O)[O-])c1. The molecule has 1 fully saturated rings. The summed E-state index contributed by atoms with van der Waals surface area (Å²) in [5.41, 5.74) is 1.65. The number of benzene rings is 2. The third-order valence-corrected chi connectivity index (χ3v) is 4.93. The molecule has 1 heterocycles. The Balaban J connectivity index is 1.77. The number of carbonyl (C=O) groups excluding carboxylic acids is 1. The van der Waals surface area contributed by atoms with Crippen LogP contribution < -0.4 is 4.90 Å². The Morgan fingerprint density at radius 1 is 1.21 bits per heavy atom. The van der Waals surface area contributed by atoms with Gasteiger partial charge in [-0.25, -0.2) is 0 Å². The Morgan fingerprint density at radius 3 is 2.76 bits per heavy atom. The Bertz CT molecular complexity index is 934. The Labute approximate surface area is 173 Å². The lowest BCUT2D eigenvalue weighted by Gasteiger charge is -2.23. The van der Waals surface area contributed by atoms with E-state index in [1.807, 2.05) is 4.90 Å². The van der Waals surface area contributed by atoms with Crippen molar-refractivity contribution >= 4 is 35.1 Å². The molecule has 0 radical (unpaired) electrons. The van der Waals surface area contributed by atoms with E-state index in [0.717, 1.165) is 0 Å². The average molecular weight is 417 g/mol. The molecule has 0 aromatic heterocycles. The highest BCUT2D eigenvalue weighted by Crippen LogP contribution is 2.30. The summed E-state index contributed by atoms with van der Waals surface area (Å²) < 4.78 is 0. The fourth-order valence-electron chi connectivity index (χ4n) is 3.31. The largest absolute Gasteiger partial charge is 0.399 e. The van der Waals surface area contributed by atoms with Crippen molar-refractivity contribution in [3.05, 3.63) is 68.7 Å². The van der Waals surface area contributed by atoms with Crippen LogP contribution in [0.3, 0.4) is 0 Å². The summed E-state index contributed by atoms with van der Waals surface area (Å²) >= 11 is 5.99. The average Bonchev–Trinajstić information content (AvgIpc) is 2.97. The monoisotopic (exact) mass is 416 g/mol. The van der Waals surface area contributed by atoms with E-state index < -0.39 is 4.92 Å². The molecular formula is C20H21ClN4O4. The molecule has 0 bridgehead atoms. The van der Waals surface area contributed by atoms with Crippen molar-refractivity contribution < 1.29 is 14.6 Å². The van der Waals surface area contributed by atoms with Crippen LogP contribution in [-0.4, -0.2) is 55.2 Å². The fourth-order valence-corrected chi connectivity index (χ4v) is 3.50. The number of carbonyl (C=O) groups is 1. The van der Waals surface area contributed by atoms with Gasteiger partial charge in [-0.1, -0.05) is 28.9 Å². The minimum Gasteiger partial charge on any atom is -0.399 e. The first-order chi connectivity index (χ1) is 14.0. The zero-order valence-corrected chi connectivity index (χ0v) is 16.7. The molecule has 152 valence electrons. The van der Waals surface area contributed by atoms with E-state index in [1.165, 1.54) is 19.4 Å². The minimum absolute atomic E-state index is 0.000305. The molecule has 0 spiro atoms. The molecule has 1 aliphatic rings. The number of hydrogen-bond donors (Lipinski definition) is 0. The van der Waals surface area contributed by atoms with Gasteiger partial charge < -0.3 is 14.6 Å². The van der Waals surface area contributed by atoms with Crippen molar-refractivity contribution in [2.45, 2.75) is 6.42 Å². The third kappa shape index (κ3) is 5.03. The van der Waals surface area contributed by atoms with Gasteiger partial charge >= 0.3 is 0 Å². The van der Waals surface area contributed by atoms with E-state index in [4.69, 9.17) is 11.6 Å². The molecule has 1 aliphatic heterocycles. The normalized spacial score (nSPS) is 14.7. The van der Waals surface area contributed by atoms with Crippen molar-refractivity contribution in [1.29, 1.82) is 0 Å². The van der Waals surface area contributed by atoms with Crippen molar-refractivity contribution in [1.82, 2.24) is 4.90 Å². The van der Waals surface area contributed by atoms with E-state index in [2.05, 4.69) is 9.99 Å². The number of amides is 1. The summed E-state index contributed by atoms with van der Waals surface area (Å²) in [7, 11) is 1.41. The van der Waals surface area contributed by atoms with Crippen LogP contribution in [0.2, 0.25) is 5.02 Å². The van der Waals surface area contributed by atoms with Crippen LogP contribution in [-0.2, 0) is 4.84 Å². The molecule has 0 atom stereocenters. The smallest absolute Gasteiger partial charge is 0.293 e. The number of rotatable bonds is 5. The summed E-state index contributed by atoms with van der Waals surface area (Å²) in [6.45, 7) is 2.16. The summed E-state index contributed by atoms with van der Waals surface area (Å²) in [5.74, 6) is -0.0880. The topological polar surface area (TPSA) is 88.3 Å². The molecule has 9 heteroatoms. The maximum Gasteiger partial charge on any atom is 0.293 e. The molecule has 29 heavy (non-hydrogen) atoms. The van der Waals surface area contributed by atoms with Gasteiger partial charge in [0.1, 0.15) is 12.8 Å². The van der Waals surface area contributed by atoms with Gasteiger partial charge in [-0.3, -0.25) is 14.9 Å². The van der Waals surface area contributed by atoms with Crippen molar-refractivity contribution in [3.63, 3.8) is 0 Å². The number of anilines is 1. The van der Waals surface area contributed by atoms with E-state index in [1.54, 1.807) is 41.3 Å². The number of oxime groups is 1. The first-order valence-corrected chi connectivity index (χ1v) is 9.52. The fraction of sp³-hybridized carbons (Fsp3) is 0.300. The highest BCUT2D eigenvalue weighted by atomic mass is 35.5. The van der Waals surface area contributed by atoms with Gasteiger partial charge in [0.05, 0.1) is 11.1 Å². The minimum atomic E-state index is -0.404. The first kappa shape index (κ1) is 20.6. The summed E-state index contributed by atoms with van der Waals surface area (Å²) in [6.07, 6.45) is 2.13. The van der Waals surface area contributed by atoms with Crippen LogP contribution in [0.25, 0.3) is 0 Å². The Kier molecular flexibility index (Phi) is 6.66. The quantitative estimate of drug-likeness (QED) is 0.422. The Morgan fingerprint density at radius 2 is 2.03 bits per heavy atom. The maximum absolute atomic E-state index is 12.8. The lowest BCUT2D eigenvalue weighted by molar-refractivity contribution is -0.384. The highest BCUT2D eigenvalue weighted by molar-refractivity contribution is 6.30. The predicted molar refractivity (Wildman–Crippen MR) is 112 cm³/mol. The molecule has 0 unspecified atom stereocenters. The lowest BCUT2D eigenvalue weighted by atomic mass is 10.1. The van der Waals surface area contributed by atoms with Gasteiger partial charge in [0.25, 0.3) is 11.6 Å². The molecule has 1 amide bonds. The van der Waals surface area contributed by atoms with Crippen LogP contribution in [0.15, 0.2) is 47.6 Å². The molecule has 0 saturated carbocycles. The number of nitro groups is 1. The second-order valence-electron chi connectivity index (χ2n) is 6.57. The van der Waals surface area contributed by atoms with Crippen molar-refractivity contribution in [3.8, 4) is 0 Å². The zero-order valence-electron chi connectivity index (χ0n) is 16.0. The summed E-state index contributed by atoms with van der Waals surface area (Å²) in [5, 5.41) is 15.8. The van der Waals surface area contributed by atoms with Crippen LogP contribution in [0.1, 0.15) is 22.3 Å². The van der Waals surface area contributed by atoms with Crippen LogP contribution in [0.4, 0.5) is 11.4 Å². The highest BCUT2D eigenvalue weighted by Gasteiger charge is 2.25. The van der Waals surface area contributed by atoms with E-state index >= 15 is 0 Å². The molecule has 3 rings (SSSR count). The molecule has 0 aliphatic carbocycles. The van der Waals surface area contributed by atoms with Gasteiger partial charge in [-0.15, -0.1) is 0 Å². The van der Waals surface area contributed by atoms with Crippen LogP contribution in [0, 0.1) is 10.1 Å². The molecule has 1 saturated heterocycles. The Hall–Kier alpha value is -3.13. The van der Waals surface area contributed by atoms with E-state index in [9.17, 15) is 14.9 Å². The molecule has 0 N–H and O–H groups in total. The summed E-state index contributed by atoms with van der Waals surface area (Å²) in [6, 6.07) is 11.8. The molecule has 2 aromatic carbocycles. The van der Waals surface area contributed by atoms with Gasteiger partial charge in [0, 0.05) is 48.4 Å². The number of hydrogen-bond acceptors (Lipinski definition) is 6. The van der Waals surface area contributed by atoms with Crippen LogP contribution >= 0.6 is 11.6 Å². The second kappa shape index (κ2) is 9.38. The van der Waals surface area contributed by atoms with E-state index in [-0.39, 0.29) is 11.6 Å².